The number of hydrogen-bond donors (Lipinski definition) is 2. The molecular weight excluding hydrogens is 278 g/mol. The molecular formula is C18H25NO3. The van der Waals surface area contributed by atoms with E-state index in [9.17, 15) is 4.79 Å². The van der Waals surface area contributed by atoms with Gasteiger partial charge in [0.2, 0.25) is 0 Å². The zero-order valence-electron chi connectivity index (χ0n) is 13.3. The minimum atomic E-state index is -0.0954. The first-order valence-electron chi connectivity index (χ1n) is 7.91. The molecule has 0 saturated heterocycles. The van der Waals surface area contributed by atoms with Gasteiger partial charge in [0.1, 0.15) is 5.75 Å². The highest BCUT2D eigenvalue weighted by Crippen LogP contribution is 2.18. The molecule has 1 aromatic rings. The summed E-state index contributed by atoms with van der Waals surface area (Å²) < 4.78 is 5.64. The van der Waals surface area contributed by atoms with Crippen molar-refractivity contribution in [1.29, 1.82) is 0 Å². The van der Waals surface area contributed by atoms with Crippen LogP contribution in [-0.2, 0) is 0 Å². The van der Waals surface area contributed by atoms with Gasteiger partial charge in [0, 0.05) is 24.1 Å². The lowest BCUT2D eigenvalue weighted by Gasteiger charge is -2.13. The summed E-state index contributed by atoms with van der Waals surface area (Å²) in [6, 6.07) is 7.23. The minimum absolute atomic E-state index is 0.00613. The van der Waals surface area contributed by atoms with Crippen LogP contribution in [0.4, 0.5) is 0 Å². The number of carbonyl (C=O) groups excluding carboxylic acids is 1. The first kappa shape index (κ1) is 16.6. The van der Waals surface area contributed by atoms with E-state index in [2.05, 4.69) is 19.2 Å². The van der Waals surface area contributed by atoms with Gasteiger partial charge in [0.25, 0.3) is 5.91 Å². The van der Waals surface area contributed by atoms with E-state index in [4.69, 9.17) is 9.84 Å². The maximum absolute atomic E-state index is 12.2. The number of carbonyl (C=O) groups is 1. The van der Waals surface area contributed by atoms with Crippen LogP contribution in [0.3, 0.4) is 0 Å². The summed E-state index contributed by atoms with van der Waals surface area (Å²) in [5, 5.41) is 12.1. The van der Waals surface area contributed by atoms with Gasteiger partial charge in [0.05, 0.1) is 6.61 Å². The maximum atomic E-state index is 12.2. The van der Waals surface area contributed by atoms with Crippen molar-refractivity contribution in [2.24, 2.45) is 11.8 Å². The molecule has 4 nitrogen and oxygen atoms in total. The van der Waals surface area contributed by atoms with Crippen LogP contribution >= 0.6 is 0 Å². The van der Waals surface area contributed by atoms with E-state index < -0.39 is 0 Å². The lowest BCUT2D eigenvalue weighted by atomic mass is 10.1. The van der Waals surface area contributed by atoms with Crippen LogP contribution in [0.5, 0.6) is 5.75 Å². The first-order chi connectivity index (χ1) is 10.6. The standard InChI is InChI=1S/C18H25NO3/c1-13(2)9-10-22-17-7-4-15(5-8-17)18(21)19-16-6-3-14(11-16)12-20/h3-8,13-14,16,20H,9-12H2,1-2H3,(H,19,21)/t14-,16+/m0/s1. The number of nitrogens with one attached hydrogen (secondary N) is 1. The monoisotopic (exact) mass is 303 g/mol. The smallest absolute Gasteiger partial charge is 0.251 e. The fourth-order valence-corrected chi connectivity index (χ4v) is 2.38. The second-order valence-electron chi connectivity index (χ2n) is 6.20. The van der Waals surface area contributed by atoms with E-state index in [0.717, 1.165) is 18.6 Å². The average molecular weight is 303 g/mol. The quantitative estimate of drug-likeness (QED) is 0.762. The molecule has 0 saturated carbocycles. The number of rotatable bonds is 7. The van der Waals surface area contributed by atoms with Crippen molar-refractivity contribution < 1.29 is 14.6 Å². The van der Waals surface area contributed by atoms with Crippen LogP contribution < -0.4 is 10.1 Å². The van der Waals surface area contributed by atoms with Crippen molar-refractivity contribution in [1.82, 2.24) is 5.32 Å². The van der Waals surface area contributed by atoms with Gasteiger partial charge in [-0.1, -0.05) is 26.0 Å². The Morgan fingerprint density at radius 3 is 2.64 bits per heavy atom. The topological polar surface area (TPSA) is 58.6 Å². The zero-order valence-corrected chi connectivity index (χ0v) is 13.3. The largest absolute Gasteiger partial charge is 0.494 e. The van der Waals surface area contributed by atoms with Crippen molar-refractivity contribution in [3.05, 3.63) is 42.0 Å². The van der Waals surface area contributed by atoms with E-state index in [0.29, 0.717) is 18.1 Å². The molecule has 1 aliphatic rings. The third-order valence-electron chi connectivity index (χ3n) is 3.80. The van der Waals surface area contributed by atoms with Gasteiger partial charge in [-0.15, -0.1) is 0 Å². The molecule has 120 valence electrons. The van der Waals surface area contributed by atoms with Crippen LogP contribution in [0.2, 0.25) is 0 Å². The van der Waals surface area contributed by atoms with Crippen LogP contribution in [0.1, 0.15) is 37.0 Å². The number of ether oxygens (including phenoxy) is 1. The van der Waals surface area contributed by atoms with Crippen molar-refractivity contribution in [3.63, 3.8) is 0 Å². The Balaban J connectivity index is 1.82. The second-order valence-corrected chi connectivity index (χ2v) is 6.20. The molecule has 22 heavy (non-hydrogen) atoms. The molecule has 0 heterocycles. The Hall–Kier alpha value is -1.81. The molecule has 0 spiro atoms. The molecule has 2 rings (SSSR count). The summed E-state index contributed by atoms with van der Waals surface area (Å²) in [5.41, 5.74) is 0.622. The highest BCUT2D eigenvalue weighted by Gasteiger charge is 2.20. The van der Waals surface area contributed by atoms with E-state index in [1.807, 2.05) is 24.3 Å². The Bertz CT molecular complexity index is 508. The normalized spacial score (nSPS) is 20.4. The fourth-order valence-electron chi connectivity index (χ4n) is 2.38. The Labute approximate surface area is 132 Å². The summed E-state index contributed by atoms with van der Waals surface area (Å²) in [5.74, 6) is 1.47. The second kappa shape index (κ2) is 7.99. The van der Waals surface area contributed by atoms with Gasteiger partial charge in [-0.3, -0.25) is 4.79 Å². The highest BCUT2D eigenvalue weighted by atomic mass is 16.5. The van der Waals surface area contributed by atoms with E-state index in [-0.39, 0.29) is 24.5 Å². The minimum Gasteiger partial charge on any atom is -0.494 e. The summed E-state index contributed by atoms with van der Waals surface area (Å²) >= 11 is 0. The van der Waals surface area contributed by atoms with Gasteiger partial charge in [0.15, 0.2) is 0 Å². The Kier molecular flexibility index (Phi) is 6.01. The molecule has 0 fully saturated rings. The molecule has 1 amide bonds. The van der Waals surface area contributed by atoms with Gasteiger partial charge in [-0.25, -0.2) is 0 Å². The van der Waals surface area contributed by atoms with Crippen molar-refractivity contribution in [2.75, 3.05) is 13.2 Å². The lowest BCUT2D eigenvalue weighted by molar-refractivity contribution is 0.0941. The van der Waals surface area contributed by atoms with Gasteiger partial charge in [-0.05, 0) is 43.0 Å². The van der Waals surface area contributed by atoms with Crippen LogP contribution in [-0.4, -0.2) is 30.3 Å². The lowest BCUT2D eigenvalue weighted by Crippen LogP contribution is -2.32. The zero-order chi connectivity index (χ0) is 15.9. The molecule has 1 aromatic carbocycles. The third kappa shape index (κ3) is 4.88. The third-order valence-corrected chi connectivity index (χ3v) is 3.80. The van der Waals surface area contributed by atoms with Crippen LogP contribution in [0.25, 0.3) is 0 Å². The van der Waals surface area contributed by atoms with Gasteiger partial charge in [-0.2, -0.15) is 0 Å². The van der Waals surface area contributed by atoms with E-state index >= 15 is 0 Å². The molecule has 0 unspecified atom stereocenters. The number of benzene rings is 1. The highest BCUT2D eigenvalue weighted by molar-refractivity contribution is 5.94. The van der Waals surface area contributed by atoms with Crippen LogP contribution in [0, 0.1) is 11.8 Å². The summed E-state index contributed by atoms with van der Waals surface area (Å²) in [4.78, 5) is 12.2. The summed E-state index contributed by atoms with van der Waals surface area (Å²) in [6.45, 7) is 5.15. The molecule has 4 heteroatoms. The SMILES string of the molecule is CC(C)CCOc1ccc(C(=O)N[C@@H]2C=C[C@H](CO)C2)cc1. The Morgan fingerprint density at radius 1 is 1.32 bits per heavy atom. The van der Waals surface area contributed by atoms with Crippen molar-refractivity contribution >= 4 is 5.91 Å². The molecule has 0 bridgehead atoms. The molecule has 0 radical (unpaired) electrons. The first-order valence-corrected chi connectivity index (χ1v) is 7.91. The number of aliphatic hydroxyl groups excluding tert-OH is 1. The molecule has 2 N–H and O–H groups in total. The average Bonchev–Trinajstić information content (AvgIpc) is 2.95. The van der Waals surface area contributed by atoms with Crippen molar-refractivity contribution in [3.8, 4) is 5.75 Å². The molecule has 0 aromatic heterocycles. The fraction of sp³-hybridized carbons (Fsp3) is 0.500. The predicted octanol–water partition coefficient (Wildman–Crippen LogP) is 2.78. The molecule has 1 aliphatic carbocycles. The van der Waals surface area contributed by atoms with Gasteiger partial charge >= 0.3 is 0 Å². The number of amides is 1. The molecule has 0 aliphatic heterocycles. The number of hydrogen-bond acceptors (Lipinski definition) is 3. The van der Waals surface area contributed by atoms with Crippen molar-refractivity contribution in [2.45, 2.75) is 32.7 Å². The van der Waals surface area contributed by atoms with Crippen LogP contribution in [0.15, 0.2) is 36.4 Å². The van der Waals surface area contributed by atoms with E-state index in [1.165, 1.54) is 0 Å². The van der Waals surface area contributed by atoms with Gasteiger partial charge < -0.3 is 15.2 Å². The maximum Gasteiger partial charge on any atom is 0.251 e. The predicted molar refractivity (Wildman–Crippen MR) is 87.0 cm³/mol. The summed E-state index contributed by atoms with van der Waals surface area (Å²) in [7, 11) is 0. The number of aliphatic hydroxyl groups is 1. The molecule has 2 atom stereocenters. The Morgan fingerprint density at radius 2 is 2.05 bits per heavy atom. The summed E-state index contributed by atoms with van der Waals surface area (Å²) in [6.07, 6.45) is 5.68. The van der Waals surface area contributed by atoms with E-state index in [1.54, 1.807) is 12.1 Å².